The lowest BCUT2D eigenvalue weighted by atomic mass is 10.0. The summed E-state index contributed by atoms with van der Waals surface area (Å²) in [6.45, 7) is 0. The number of aromatic amines is 1. The number of hydrogen-bond donors (Lipinski definition) is 2. The molecule has 0 spiro atoms. The quantitative estimate of drug-likeness (QED) is 0.366. The molecule has 146 valence electrons. The third-order valence-electron chi connectivity index (χ3n) is 4.32. The first-order valence-corrected chi connectivity index (χ1v) is 8.23. The van der Waals surface area contributed by atoms with E-state index in [2.05, 4.69) is 15.5 Å². The van der Waals surface area contributed by atoms with Crippen LogP contribution in [-0.4, -0.2) is 16.1 Å². The van der Waals surface area contributed by atoms with Crippen molar-refractivity contribution < 1.29 is 26.7 Å². The molecule has 0 bridgehead atoms. The van der Waals surface area contributed by atoms with Crippen LogP contribution in [0.2, 0.25) is 0 Å². The minimum atomic E-state index is -1.61. The van der Waals surface area contributed by atoms with Gasteiger partial charge >= 0.3 is 0 Å². The Morgan fingerprint density at radius 1 is 0.793 bits per heavy atom. The van der Waals surface area contributed by atoms with Crippen LogP contribution in [-0.2, 0) is 0 Å². The van der Waals surface area contributed by atoms with E-state index in [4.69, 9.17) is 0 Å². The fourth-order valence-electron chi connectivity index (χ4n) is 2.88. The molecule has 0 fully saturated rings. The molecule has 4 rings (SSSR count). The van der Waals surface area contributed by atoms with Crippen molar-refractivity contribution in [3.05, 3.63) is 83.2 Å². The van der Waals surface area contributed by atoms with E-state index in [0.717, 1.165) is 12.1 Å². The topological polar surface area (TPSA) is 57.8 Å². The van der Waals surface area contributed by atoms with Gasteiger partial charge < -0.3 is 5.32 Å². The van der Waals surface area contributed by atoms with Crippen LogP contribution in [0.25, 0.3) is 22.0 Å². The SMILES string of the molecule is O=C(Nc1n[nH]c2cc(-c3ccc(F)c(F)c3)ccc12)c1c(F)ccc(F)c1F. The number of aromatic nitrogens is 2. The Hall–Kier alpha value is -3.75. The van der Waals surface area contributed by atoms with Crippen LogP contribution in [0.5, 0.6) is 0 Å². The average Bonchev–Trinajstić information content (AvgIpc) is 3.09. The molecule has 0 aliphatic heterocycles. The van der Waals surface area contributed by atoms with Crippen LogP contribution in [0.3, 0.4) is 0 Å². The van der Waals surface area contributed by atoms with Gasteiger partial charge in [-0.3, -0.25) is 9.89 Å². The molecule has 3 aromatic carbocycles. The van der Waals surface area contributed by atoms with Crippen LogP contribution in [0.15, 0.2) is 48.5 Å². The Morgan fingerprint density at radius 2 is 1.45 bits per heavy atom. The molecule has 0 atom stereocenters. The van der Waals surface area contributed by atoms with Crippen LogP contribution >= 0.6 is 0 Å². The van der Waals surface area contributed by atoms with Gasteiger partial charge in [0.15, 0.2) is 29.1 Å². The summed E-state index contributed by atoms with van der Waals surface area (Å²) in [7, 11) is 0. The van der Waals surface area contributed by atoms with Gasteiger partial charge in [-0.05, 0) is 47.5 Å². The maximum atomic E-state index is 13.8. The highest BCUT2D eigenvalue weighted by Gasteiger charge is 2.22. The second kappa shape index (κ2) is 7.01. The van der Waals surface area contributed by atoms with Crippen LogP contribution in [0.1, 0.15) is 10.4 Å². The number of hydrogen-bond acceptors (Lipinski definition) is 2. The Balaban J connectivity index is 1.67. The predicted molar refractivity (Wildman–Crippen MR) is 95.7 cm³/mol. The van der Waals surface area contributed by atoms with Crippen molar-refractivity contribution in [3.63, 3.8) is 0 Å². The van der Waals surface area contributed by atoms with E-state index in [1.807, 2.05) is 0 Å². The van der Waals surface area contributed by atoms with Crippen LogP contribution < -0.4 is 5.32 Å². The number of H-pyrrole nitrogens is 1. The van der Waals surface area contributed by atoms with Gasteiger partial charge in [0.1, 0.15) is 11.4 Å². The highest BCUT2D eigenvalue weighted by Crippen LogP contribution is 2.28. The predicted octanol–water partition coefficient (Wildman–Crippen LogP) is 5.18. The number of fused-ring (bicyclic) bond motifs is 1. The molecule has 0 saturated carbocycles. The first-order chi connectivity index (χ1) is 13.8. The Labute approximate surface area is 160 Å². The van der Waals surface area contributed by atoms with Crippen molar-refractivity contribution in [1.82, 2.24) is 10.2 Å². The number of nitrogens with zero attached hydrogens (tertiary/aromatic N) is 1. The fraction of sp³-hybridized carbons (Fsp3) is 0. The minimum absolute atomic E-state index is 0.0371. The standard InChI is InChI=1S/C20H10F5N3O/c21-12-4-2-9(7-15(12)24)10-1-3-11-16(8-10)27-28-19(11)26-20(29)17-13(22)5-6-14(23)18(17)25/h1-8H,(H2,26,27,28,29). The molecule has 0 aliphatic carbocycles. The van der Waals surface area contributed by atoms with Gasteiger partial charge in [-0.15, -0.1) is 0 Å². The fourth-order valence-corrected chi connectivity index (χ4v) is 2.88. The van der Waals surface area contributed by atoms with Gasteiger partial charge in [-0.25, -0.2) is 22.0 Å². The number of carbonyl (C=O) groups is 1. The summed E-state index contributed by atoms with van der Waals surface area (Å²) < 4.78 is 67.4. The van der Waals surface area contributed by atoms with Gasteiger partial charge in [0.05, 0.1) is 5.52 Å². The number of nitrogens with one attached hydrogen (secondary N) is 2. The Morgan fingerprint density at radius 3 is 2.21 bits per heavy atom. The Kier molecular flexibility index (Phi) is 4.50. The summed E-state index contributed by atoms with van der Waals surface area (Å²) in [5.74, 6) is -7.41. The molecule has 9 heteroatoms. The molecule has 4 aromatic rings. The molecular formula is C20H10F5N3O. The maximum absolute atomic E-state index is 13.8. The van der Waals surface area contributed by atoms with E-state index in [9.17, 15) is 26.7 Å². The Bertz CT molecular complexity index is 1270. The van der Waals surface area contributed by atoms with E-state index in [0.29, 0.717) is 34.2 Å². The van der Waals surface area contributed by atoms with Gasteiger partial charge in [-0.2, -0.15) is 5.10 Å². The van der Waals surface area contributed by atoms with Gasteiger partial charge in [0, 0.05) is 5.39 Å². The molecule has 1 aromatic heterocycles. The molecule has 0 unspecified atom stereocenters. The lowest BCUT2D eigenvalue weighted by molar-refractivity contribution is 0.101. The molecule has 2 N–H and O–H groups in total. The molecule has 1 amide bonds. The molecule has 0 saturated heterocycles. The van der Waals surface area contributed by atoms with Crippen molar-refractivity contribution >= 4 is 22.6 Å². The third-order valence-corrected chi connectivity index (χ3v) is 4.32. The number of amides is 1. The number of carbonyl (C=O) groups excluding carboxylic acids is 1. The number of benzene rings is 3. The first-order valence-electron chi connectivity index (χ1n) is 8.23. The lowest BCUT2D eigenvalue weighted by Gasteiger charge is -2.06. The van der Waals surface area contributed by atoms with E-state index in [1.54, 1.807) is 12.1 Å². The second-order valence-corrected chi connectivity index (χ2v) is 6.13. The zero-order valence-corrected chi connectivity index (χ0v) is 14.4. The van der Waals surface area contributed by atoms with Crippen LogP contribution in [0.4, 0.5) is 27.8 Å². The largest absolute Gasteiger partial charge is 0.304 e. The number of halogens is 5. The third kappa shape index (κ3) is 3.31. The van der Waals surface area contributed by atoms with Gasteiger partial charge in [0.2, 0.25) is 0 Å². The summed E-state index contributed by atoms with van der Waals surface area (Å²) in [6.07, 6.45) is 0. The van der Waals surface area contributed by atoms with Gasteiger partial charge in [0.25, 0.3) is 5.91 Å². The molecule has 29 heavy (non-hydrogen) atoms. The molecule has 4 nitrogen and oxygen atoms in total. The summed E-state index contributed by atoms with van der Waals surface area (Å²) in [4.78, 5) is 12.2. The maximum Gasteiger partial charge on any atom is 0.262 e. The van der Waals surface area contributed by atoms with Crippen molar-refractivity contribution in [3.8, 4) is 11.1 Å². The molecule has 0 aliphatic rings. The monoisotopic (exact) mass is 403 g/mol. The molecule has 0 radical (unpaired) electrons. The smallest absolute Gasteiger partial charge is 0.262 e. The zero-order chi connectivity index (χ0) is 20.7. The second-order valence-electron chi connectivity index (χ2n) is 6.13. The average molecular weight is 403 g/mol. The van der Waals surface area contributed by atoms with Crippen molar-refractivity contribution in [1.29, 1.82) is 0 Å². The van der Waals surface area contributed by atoms with Crippen molar-refractivity contribution in [2.75, 3.05) is 5.32 Å². The van der Waals surface area contributed by atoms with E-state index in [-0.39, 0.29) is 5.82 Å². The van der Waals surface area contributed by atoms with Crippen molar-refractivity contribution in [2.24, 2.45) is 0 Å². The van der Waals surface area contributed by atoms with Gasteiger partial charge in [-0.1, -0.05) is 12.1 Å². The van der Waals surface area contributed by atoms with Crippen LogP contribution in [0, 0.1) is 29.1 Å². The highest BCUT2D eigenvalue weighted by molar-refractivity contribution is 6.08. The zero-order valence-electron chi connectivity index (χ0n) is 14.4. The lowest BCUT2D eigenvalue weighted by Crippen LogP contribution is -2.17. The summed E-state index contributed by atoms with van der Waals surface area (Å²) in [5, 5.41) is 9.13. The summed E-state index contributed by atoms with van der Waals surface area (Å²) in [6, 6.07) is 9.32. The summed E-state index contributed by atoms with van der Waals surface area (Å²) in [5.41, 5.74) is 0.303. The highest BCUT2D eigenvalue weighted by atomic mass is 19.2. The summed E-state index contributed by atoms with van der Waals surface area (Å²) >= 11 is 0. The van der Waals surface area contributed by atoms with Crippen molar-refractivity contribution in [2.45, 2.75) is 0 Å². The first kappa shape index (κ1) is 18.6. The number of rotatable bonds is 3. The normalized spacial score (nSPS) is 11.1. The van der Waals surface area contributed by atoms with E-state index >= 15 is 0 Å². The number of anilines is 1. The molecular weight excluding hydrogens is 393 g/mol. The van der Waals surface area contributed by atoms with E-state index < -0.39 is 40.6 Å². The van der Waals surface area contributed by atoms with E-state index in [1.165, 1.54) is 12.1 Å². The molecule has 1 heterocycles. The minimum Gasteiger partial charge on any atom is -0.304 e.